The molecule has 0 spiro atoms. The molecule has 0 aromatic rings. The molecule has 1 aliphatic rings. The number of hydrogen-bond acceptors (Lipinski definition) is 4. The molecule has 1 heterocycles. The molecule has 0 unspecified atom stereocenters. The van der Waals surface area contributed by atoms with Gasteiger partial charge in [-0.1, -0.05) is 0 Å². The first-order valence-electron chi connectivity index (χ1n) is 6.39. The molecule has 1 aliphatic heterocycles. The summed E-state index contributed by atoms with van der Waals surface area (Å²) in [6.45, 7) is 9.86. The maximum atomic E-state index is 5.49. The molecule has 1 fully saturated rings. The second kappa shape index (κ2) is 10.0. The molecular formula is C12H25NO3. The molecule has 1 rings (SSSR count). The quantitative estimate of drug-likeness (QED) is 0.528. The summed E-state index contributed by atoms with van der Waals surface area (Å²) in [6, 6.07) is 0. The number of hydrogen-bond donors (Lipinski definition) is 0. The number of rotatable bonds is 10. The van der Waals surface area contributed by atoms with Crippen LogP contribution >= 0.6 is 0 Å². The van der Waals surface area contributed by atoms with Crippen molar-refractivity contribution in [2.75, 3.05) is 59.3 Å². The summed E-state index contributed by atoms with van der Waals surface area (Å²) >= 11 is 0. The molecule has 4 nitrogen and oxygen atoms in total. The molecule has 0 amide bonds. The topological polar surface area (TPSA) is 30.9 Å². The summed E-state index contributed by atoms with van der Waals surface area (Å²) in [4.78, 5) is 2.45. The van der Waals surface area contributed by atoms with Crippen molar-refractivity contribution < 1.29 is 14.2 Å². The summed E-state index contributed by atoms with van der Waals surface area (Å²) in [5.74, 6) is 0. The van der Waals surface area contributed by atoms with Gasteiger partial charge in [0.1, 0.15) is 0 Å². The van der Waals surface area contributed by atoms with Crippen LogP contribution in [0.15, 0.2) is 0 Å². The van der Waals surface area contributed by atoms with Crippen LogP contribution < -0.4 is 0 Å². The van der Waals surface area contributed by atoms with E-state index in [9.17, 15) is 0 Å². The highest BCUT2D eigenvalue weighted by Gasteiger charge is 2.09. The molecule has 0 aliphatic carbocycles. The zero-order valence-electron chi connectivity index (χ0n) is 10.5. The fourth-order valence-corrected chi connectivity index (χ4v) is 1.78. The van der Waals surface area contributed by atoms with E-state index in [1.54, 1.807) is 0 Å². The van der Waals surface area contributed by atoms with Crippen molar-refractivity contribution in [3.8, 4) is 0 Å². The maximum absolute atomic E-state index is 5.49. The molecular weight excluding hydrogens is 206 g/mol. The molecule has 0 saturated carbocycles. The Kier molecular flexibility index (Phi) is 8.71. The van der Waals surface area contributed by atoms with Gasteiger partial charge in [0.25, 0.3) is 0 Å². The van der Waals surface area contributed by atoms with Crippen LogP contribution in [0.4, 0.5) is 0 Å². The van der Waals surface area contributed by atoms with Gasteiger partial charge >= 0.3 is 0 Å². The fourth-order valence-electron chi connectivity index (χ4n) is 1.78. The van der Waals surface area contributed by atoms with E-state index >= 15 is 0 Å². The summed E-state index contributed by atoms with van der Waals surface area (Å²) in [7, 11) is 0. The van der Waals surface area contributed by atoms with Gasteiger partial charge < -0.3 is 19.1 Å². The summed E-state index contributed by atoms with van der Waals surface area (Å²) < 4.78 is 16.0. The van der Waals surface area contributed by atoms with E-state index in [0.29, 0.717) is 26.4 Å². The van der Waals surface area contributed by atoms with Crippen molar-refractivity contribution in [1.29, 1.82) is 0 Å². The highest BCUT2D eigenvalue weighted by molar-refractivity contribution is 4.64. The largest absolute Gasteiger partial charge is 0.379 e. The first kappa shape index (κ1) is 13.9. The summed E-state index contributed by atoms with van der Waals surface area (Å²) in [6.07, 6.45) is 2.70. The third-order valence-electron chi connectivity index (χ3n) is 2.70. The average Bonchev–Trinajstić information content (AvgIpc) is 2.80. The Morgan fingerprint density at radius 3 is 2.00 bits per heavy atom. The predicted molar refractivity (Wildman–Crippen MR) is 63.8 cm³/mol. The predicted octanol–water partition coefficient (Wildman–Crippen LogP) is 1.15. The second-order valence-electron chi connectivity index (χ2n) is 3.97. The van der Waals surface area contributed by atoms with E-state index in [1.807, 2.05) is 6.92 Å². The molecule has 0 N–H and O–H groups in total. The lowest BCUT2D eigenvalue weighted by molar-refractivity contribution is 0.0137. The zero-order valence-corrected chi connectivity index (χ0v) is 10.5. The first-order valence-corrected chi connectivity index (χ1v) is 6.39. The minimum Gasteiger partial charge on any atom is -0.379 e. The van der Waals surface area contributed by atoms with Gasteiger partial charge in [-0.25, -0.2) is 0 Å². The van der Waals surface area contributed by atoms with E-state index in [4.69, 9.17) is 14.2 Å². The average molecular weight is 231 g/mol. The van der Waals surface area contributed by atoms with Crippen LogP contribution in [0.1, 0.15) is 19.8 Å². The lowest BCUT2D eigenvalue weighted by Gasteiger charge is -2.14. The van der Waals surface area contributed by atoms with E-state index in [2.05, 4.69) is 4.90 Å². The maximum Gasteiger partial charge on any atom is 0.0701 e. The lowest BCUT2D eigenvalue weighted by atomic mass is 10.4. The highest BCUT2D eigenvalue weighted by atomic mass is 16.5. The Hall–Kier alpha value is -0.160. The molecule has 96 valence electrons. The van der Waals surface area contributed by atoms with Crippen molar-refractivity contribution in [3.05, 3.63) is 0 Å². The SMILES string of the molecule is CCOCCOCCOCCN1CCCC1. The molecule has 1 saturated heterocycles. The van der Waals surface area contributed by atoms with Gasteiger partial charge in [-0.3, -0.25) is 0 Å². The molecule has 0 radical (unpaired) electrons. The monoisotopic (exact) mass is 231 g/mol. The first-order chi connectivity index (χ1) is 7.93. The summed E-state index contributed by atoms with van der Waals surface area (Å²) in [5, 5.41) is 0. The normalized spacial score (nSPS) is 17.1. The number of nitrogens with zero attached hydrogens (tertiary/aromatic N) is 1. The third kappa shape index (κ3) is 7.17. The van der Waals surface area contributed by atoms with Gasteiger partial charge in [0.2, 0.25) is 0 Å². The molecule has 0 bridgehead atoms. The van der Waals surface area contributed by atoms with Crippen molar-refractivity contribution in [1.82, 2.24) is 4.90 Å². The molecule has 16 heavy (non-hydrogen) atoms. The molecule has 4 heteroatoms. The fraction of sp³-hybridized carbons (Fsp3) is 1.00. The zero-order chi connectivity index (χ0) is 11.5. The molecule has 0 aromatic heterocycles. The van der Waals surface area contributed by atoms with E-state index in [1.165, 1.54) is 25.9 Å². The van der Waals surface area contributed by atoms with Crippen LogP contribution in [0.5, 0.6) is 0 Å². The standard InChI is InChI=1S/C12H25NO3/c1-2-14-9-10-16-12-11-15-8-7-13-5-3-4-6-13/h2-12H2,1H3. The van der Waals surface area contributed by atoms with Crippen molar-refractivity contribution >= 4 is 0 Å². The van der Waals surface area contributed by atoms with E-state index in [0.717, 1.165) is 19.8 Å². The van der Waals surface area contributed by atoms with Gasteiger partial charge in [-0.05, 0) is 32.9 Å². The van der Waals surface area contributed by atoms with Crippen molar-refractivity contribution in [3.63, 3.8) is 0 Å². The van der Waals surface area contributed by atoms with Crippen LogP contribution in [0.2, 0.25) is 0 Å². The third-order valence-corrected chi connectivity index (χ3v) is 2.70. The smallest absolute Gasteiger partial charge is 0.0701 e. The lowest BCUT2D eigenvalue weighted by Crippen LogP contribution is -2.24. The Morgan fingerprint density at radius 2 is 1.38 bits per heavy atom. The summed E-state index contributed by atoms with van der Waals surface area (Å²) in [5.41, 5.74) is 0. The van der Waals surface area contributed by atoms with Crippen LogP contribution in [0, 0.1) is 0 Å². The van der Waals surface area contributed by atoms with E-state index < -0.39 is 0 Å². The molecule has 0 aromatic carbocycles. The van der Waals surface area contributed by atoms with Gasteiger partial charge in [0.05, 0.1) is 33.0 Å². The Balaban J connectivity index is 1.71. The van der Waals surface area contributed by atoms with Crippen LogP contribution in [-0.2, 0) is 14.2 Å². The minimum atomic E-state index is 0.670. The van der Waals surface area contributed by atoms with Crippen LogP contribution in [-0.4, -0.2) is 64.2 Å². The van der Waals surface area contributed by atoms with E-state index in [-0.39, 0.29) is 0 Å². The minimum absolute atomic E-state index is 0.670. The van der Waals surface area contributed by atoms with Gasteiger partial charge in [-0.2, -0.15) is 0 Å². The Labute approximate surface area is 98.8 Å². The van der Waals surface area contributed by atoms with Gasteiger partial charge in [-0.15, -0.1) is 0 Å². The molecule has 0 atom stereocenters. The van der Waals surface area contributed by atoms with Crippen LogP contribution in [0.3, 0.4) is 0 Å². The van der Waals surface area contributed by atoms with Gasteiger partial charge in [0, 0.05) is 13.2 Å². The Bertz CT molecular complexity index is 149. The highest BCUT2D eigenvalue weighted by Crippen LogP contribution is 2.05. The second-order valence-corrected chi connectivity index (χ2v) is 3.97. The van der Waals surface area contributed by atoms with Crippen LogP contribution in [0.25, 0.3) is 0 Å². The Morgan fingerprint density at radius 1 is 0.812 bits per heavy atom. The van der Waals surface area contributed by atoms with Gasteiger partial charge in [0.15, 0.2) is 0 Å². The number of likely N-dealkylation sites (tertiary alicyclic amines) is 1. The number of ether oxygens (including phenoxy) is 3. The van der Waals surface area contributed by atoms with Crippen molar-refractivity contribution in [2.24, 2.45) is 0 Å². The van der Waals surface area contributed by atoms with Crippen molar-refractivity contribution in [2.45, 2.75) is 19.8 Å².